The van der Waals surface area contributed by atoms with Gasteiger partial charge in [0.15, 0.2) is 0 Å². The normalized spacial score (nSPS) is 27.6. The van der Waals surface area contributed by atoms with Crippen LogP contribution in [0.5, 0.6) is 5.75 Å². The number of nitrogens with one attached hydrogen (secondary N) is 1. The summed E-state index contributed by atoms with van der Waals surface area (Å²) in [5.41, 5.74) is 1.35. The van der Waals surface area contributed by atoms with Gasteiger partial charge in [0.05, 0.1) is 13.2 Å². The molecule has 1 saturated carbocycles. The Labute approximate surface area is 140 Å². The molecule has 0 radical (unpaired) electrons. The lowest BCUT2D eigenvalue weighted by Gasteiger charge is -2.32. The quantitative estimate of drug-likeness (QED) is 0.869. The summed E-state index contributed by atoms with van der Waals surface area (Å²) in [5.74, 6) is 1.78. The SMILES string of the molecule is C[C@H](N[C@H]1CCCC[C@@H]1C)c1ccc(OC2CCOCC2)cc1. The van der Waals surface area contributed by atoms with E-state index in [9.17, 15) is 0 Å². The van der Waals surface area contributed by atoms with Crippen LogP contribution in [0.2, 0.25) is 0 Å². The molecule has 2 fully saturated rings. The van der Waals surface area contributed by atoms with E-state index in [1.807, 2.05) is 0 Å². The van der Waals surface area contributed by atoms with Gasteiger partial charge in [-0.05, 0) is 43.4 Å². The van der Waals surface area contributed by atoms with Crippen LogP contribution in [0, 0.1) is 5.92 Å². The molecule has 1 N–H and O–H groups in total. The fourth-order valence-electron chi connectivity index (χ4n) is 3.80. The lowest BCUT2D eigenvalue weighted by Crippen LogP contribution is -2.38. The van der Waals surface area contributed by atoms with Gasteiger partial charge in [0.1, 0.15) is 11.9 Å². The lowest BCUT2D eigenvalue weighted by atomic mass is 9.85. The van der Waals surface area contributed by atoms with Crippen molar-refractivity contribution in [2.75, 3.05) is 13.2 Å². The Hall–Kier alpha value is -1.06. The molecule has 1 aliphatic carbocycles. The summed E-state index contributed by atoms with van der Waals surface area (Å²) >= 11 is 0. The monoisotopic (exact) mass is 317 g/mol. The second-order valence-electron chi connectivity index (χ2n) is 7.26. The Kier molecular flexibility index (Phi) is 5.96. The molecule has 2 aliphatic rings. The van der Waals surface area contributed by atoms with Crippen molar-refractivity contribution in [1.82, 2.24) is 5.32 Å². The number of benzene rings is 1. The molecule has 0 spiro atoms. The summed E-state index contributed by atoms with van der Waals surface area (Å²) in [4.78, 5) is 0. The molecule has 3 rings (SSSR count). The van der Waals surface area contributed by atoms with Crippen LogP contribution in [0.4, 0.5) is 0 Å². The van der Waals surface area contributed by atoms with E-state index in [1.54, 1.807) is 0 Å². The summed E-state index contributed by atoms with van der Waals surface area (Å²) in [7, 11) is 0. The van der Waals surface area contributed by atoms with Gasteiger partial charge >= 0.3 is 0 Å². The second-order valence-corrected chi connectivity index (χ2v) is 7.26. The summed E-state index contributed by atoms with van der Waals surface area (Å²) in [5, 5.41) is 3.83. The third-order valence-corrected chi connectivity index (χ3v) is 5.43. The van der Waals surface area contributed by atoms with Crippen molar-refractivity contribution in [2.24, 2.45) is 5.92 Å². The van der Waals surface area contributed by atoms with Crippen LogP contribution in [-0.4, -0.2) is 25.4 Å². The number of hydrogen-bond donors (Lipinski definition) is 1. The highest BCUT2D eigenvalue weighted by molar-refractivity contribution is 5.29. The van der Waals surface area contributed by atoms with Crippen molar-refractivity contribution < 1.29 is 9.47 Å². The van der Waals surface area contributed by atoms with Gasteiger partial charge in [0.25, 0.3) is 0 Å². The molecule has 1 aliphatic heterocycles. The van der Waals surface area contributed by atoms with E-state index < -0.39 is 0 Å². The molecule has 0 bridgehead atoms. The highest BCUT2D eigenvalue weighted by Crippen LogP contribution is 2.27. The van der Waals surface area contributed by atoms with Gasteiger partial charge in [0, 0.05) is 24.9 Å². The summed E-state index contributed by atoms with van der Waals surface area (Å²) < 4.78 is 11.4. The molecule has 0 amide bonds. The first kappa shape index (κ1) is 16.8. The van der Waals surface area contributed by atoms with E-state index in [0.717, 1.165) is 37.7 Å². The smallest absolute Gasteiger partial charge is 0.119 e. The molecule has 0 unspecified atom stereocenters. The Morgan fingerprint density at radius 1 is 1.04 bits per heavy atom. The molecule has 0 aromatic heterocycles. The highest BCUT2D eigenvalue weighted by atomic mass is 16.5. The molecule has 1 saturated heterocycles. The maximum atomic E-state index is 6.06. The molecule has 3 atom stereocenters. The molecule has 3 nitrogen and oxygen atoms in total. The van der Waals surface area contributed by atoms with Crippen molar-refractivity contribution in [3.63, 3.8) is 0 Å². The van der Waals surface area contributed by atoms with Gasteiger partial charge in [-0.3, -0.25) is 0 Å². The summed E-state index contributed by atoms with van der Waals surface area (Å²) in [6.45, 7) is 6.30. The molecule has 3 heteroatoms. The minimum atomic E-state index is 0.313. The fourth-order valence-corrected chi connectivity index (χ4v) is 3.80. The number of hydrogen-bond acceptors (Lipinski definition) is 3. The maximum absolute atomic E-state index is 6.06. The van der Waals surface area contributed by atoms with E-state index in [1.165, 1.54) is 31.2 Å². The third kappa shape index (κ3) is 4.71. The molecule has 1 aromatic rings. The minimum absolute atomic E-state index is 0.313. The van der Waals surface area contributed by atoms with E-state index in [-0.39, 0.29) is 0 Å². The van der Waals surface area contributed by atoms with Gasteiger partial charge in [-0.25, -0.2) is 0 Å². The molecule has 1 heterocycles. The molecule has 128 valence electrons. The number of ether oxygens (including phenoxy) is 2. The Balaban J connectivity index is 1.53. The minimum Gasteiger partial charge on any atom is -0.490 e. The summed E-state index contributed by atoms with van der Waals surface area (Å²) in [6.07, 6.45) is 7.75. The van der Waals surface area contributed by atoms with E-state index in [4.69, 9.17) is 9.47 Å². The predicted octanol–water partition coefficient (Wildman–Crippen LogP) is 4.47. The van der Waals surface area contributed by atoms with Crippen molar-refractivity contribution in [1.29, 1.82) is 0 Å². The van der Waals surface area contributed by atoms with Crippen molar-refractivity contribution in [3.05, 3.63) is 29.8 Å². The average Bonchev–Trinajstić information content (AvgIpc) is 2.58. The fraction of sp³-hybridized carbons (Fsp3) is 0.700. The first-order valence-electron chi connectivity index (χ1n) is 9.33. The van der Waals surface area contributed by atoms with Crippen LogP contribution in [-0.2, 0) is 4.74 Å². The Bertz CT molecular complexity index is 467. The van der Waals surface area contributed by atoms with Gasteiger partial charge in [-0.2, -0.15) is 0 Å². The third-order valence-electron chi connectivity index (χ3n) is 5.43. The van der Waals surface area contributed by atoms with Crippen LogP contribution < -0.4 is 10.1 Å². The van der Waals surface area contributed by atoms with Crippen molar-refractivity contribution >= 4 is 0 Å². The van der Waals surface area contributed by atoms with E-state index in [2.05, 4.69) is 43.4 Å². The van der Waals surface area contributed by atoms with Gasteiger partial charge in [0.2, 0.25) is 0 Å². The van der Waals surface area contributed by atoms with Crippen LogP contribution in [0.1, 0.15) is 64.0 Å². The first-order valence-corrected chi connectivity index (χ1v) is 9.33. The van der Waals surface area contributed by atoms with Gasteiger partial charge in [-0.1, -0.05) is 31.9 Å². The first-order chi connectivity index (χ1) is 11.2. The van der Waals surface area contributed by atoms with E-state index in [0.29, 0.717) is 18.2 Å². The van der Waals surface area contributed by atoms with Crippen LogP contribution >= 0.6 is 0 Å². The number of rotatable bonds is 5. The molecular formula is C20H31NO2. The van der Waals surface area contributed by atoms with Crippen molar-refractivity contribution in [3.8, 4) is 5.75 Å². The van der Waals surface area contributed by atoms with E-state index >= 15 is 0 Å². The largest absolute Gasteiger partial charge is 0.490 e. The molecule has 1 aromatic carbocycles. The average molecular weight is 317 g/mol. The highest BCUT2D eigenvalue weighted by Gasteiger charge is 2.23. The van der Waals surface area contributed by atoms with Crippen LogP contribution in [0.3, 0.4) is 0 Å². The standard InChI is InChI=1S/C20H31NO2/c1-15-5-3-4-6-20(15)21-16(2)17-7-9-18(10-8-17)23-19-11-13-22-14-12-19/h7-10,15-16,19-21H,3-6,11-14H2,1-2H3/t15-,16-,20-/m0/s1. The maximum Gasteiger partial charge on any atom is 0.119 e. The van der Waals surface area contributed by atoms with Crippen molar-refractivity contribution in [2.45, 2.75) is 70.6 Å². The van der Waals surface area contributed by atoms with Gasteiger partial charge < -0.3 is 14.8 Å². The topological polar surface area (TPSA) is 30.5 Å². The van der Waals surface area contributed by atoms with Gasteiger partial charge in [-0.15, -0.1) is 0 Å². The van der Waals surface area contributed by atoms with Crippen LogP contribution in [0.15, 0.2) is 24.3 Å². The lowest BCUT2D eigenvalue weighted by molar-refractivity contribution is 0.0255. The molecular weight excluding hydrogens is 286 g/mol. The summed E-state index contributed by atoms with van der Waals surface area (Å²) in [6, 6.07) is 9.72. The molecule has 23 heavy (non-hydrogen) atoms. The predicted molar refractivity (Wildman–Crippen MR) is 93.9 cm³/mol. The Morgan fingerprint density at radius 3 is 2.43 bits per heavy atom. The Morgan fingerprint density at radius 2 is 1.74 bits per heavy atom. The second kappa shape index (κ2) is 8.16. The zero-order chi connectivity index (χ0) is 16.1. The zero-order valence-electron chi connectivity index (χ0n) is 14.6. The zero-order valence-corrected chi connectivity index (χ0v) is 14.6. The van der Waals surface area contributed by atoms with Crippen LogP contribution in [0.25, 0.3) is 0 Å².